The first-order valence-electron chi connectivity index (χ1n) is 10.1. The van der Waals surface area contributed by atoms with E-state index in [0.29, 0.717) is 19.4 Å². The fourth-order valence-electron chi connectivity index (χ4n) is 4.19. The highest BCUT2D eigenvalue weighted by Gasteiger charge is 2.78. The summed E-state index contributed by atoms with van der Waals surface area (Å²) in [7, 11) is 0. The van der Waals surface area contributed by atoms with E-state index in [-0.39, 0.29) is 6.42 Å². The third-order valence-electron chi connectivity index (χ3n) is 5.37. The molecule has 2 saturated heterocycles. The maximum atomic E-state index is 14.1. The van der Waals surface area contributed by atoms with Gasteiger partial charge >= 0.3 is 12.1 Å². The number of hydrogen-bond donors (Lipinski definition) is 0. The Kier molecular flexibility index (Phi) is 5.11. The first kappa shape index (κ1) is 21.8. The van der Waals surface area contributed by atoms with Gasteiger partial charge in [-0.25, -0.2) is 18.4 Å². The van der Waals surface area contributed by atoms with Gasteiger partial charge in [0.1, 0.15) is 29.3 Å². The maximum Gasteiger partial charge on any atom is 0.410 e. The molecule has 2 amide bonds. The number of ether oxygens (including phenoxy) is 2. The number of esters is 1. The second-order valence-electron chi connectivity index (χ2n) is 10.1. The summed E-state index contributed by atoms with van der Waals surface area (Å²) in [6.45, 7) is 10.5. The lowest BCUT2D eigenvalue weighted by molar-refractivity contribution is -0.166. The quantitative estimate of drug-likeness (QED) is 0.647. The summed E-state index contributed by atoms with van der Waals surface area (Å²) in [5.74, 6) is -5.37. The highest BCUT2D eigenvalue weighted by atomic mass is 19.3. The van der Waals surface area contributed by atoms with Crippen molar-refractivity contribution < 1.29 is 32.6 Å². The Morgan fingerprint density at radius 3 is 2.10 bits per heavy atom. The Morgan fingerprint density at radius 2 is 1.55 bits per heavy atom. The van der Waals surface area contributed by atoms with Crippen LogP contribution in [0.5, 0.6) is 0 Å². The molecule has 0 unspecified atom stereocenters. The van der Waals surface area contributed by atoms with Crippen LogP contribution in [-0.2, 0) is 19.1 Å². The minimum atomic E-state index is -3.01. The van der Waals surface area contributed by atoms with Crippen molar-refractivity contribution in [1.29, 1.82) is 0 Å². The van der Waals surface area contributed by atoms with Crippen LogP contribution in [0.1, 0.15) is 60.8 Å². The number of halogens is 2. The number of fused-ring (bicyclic) bond motifs is 1. The molecule has 1 aliphatic carbocycles. The molecule has 2 aliphatic heterocycles. The van der Waals surface area contributed by atoms with Crippen molar-refractivity contribution in [2.75, 3.05) is 6.54 Å². The van der Waals surface area contributed by atoms with Crippen LogP contribution in [0.25, 0.3) is 0 Å². The van der Waals surface area contributed by atoms with Crippen LogP contribution in [0.3, 0.4) is 0 Å². The summed E-state index contributed by atoms with van der Waals surface area (Å²) in [6.07, 6.45) is 0.127. The van der Waals surface area contributed by atoms with Crippen LogP contribution >= 0.6 is 0 Å². The summed E-state index contributed by atoms with van der Waals surface area (Å²) >= 11 is 0. The first-order chi connectivity index (χ1) is 13.1. The monoisotopic (exact) mass is 416 g/mol. The Morgan fingerprint density at radius 1 is 0.966 bits per heavy atom. The standard InChI is InChI=1S/C20H30F2N2O5/c1-18(2,3)28-16(26)13-10-11-14(20(11,21)22)24(13)15(25)12-8-7-9-23(12)17(27)29-19(4,5)6/h11-14H,7-10H2,1-6H3/t11-,12-,13-,14+/m0/s1. The SMILES string of the molecule is CC(C)(C)OC(=O)[C@@H]1C[C@H]2[C@@H](N1C(=O)[C@@H]1CCCN1C(=O)OC(C)(C)C)C2(F)F. The molecule has 0 spiro atoms. The van der Waals surface area contributed by atoms with Crippen LogP contribution in [0.15, 0.2) is 0 Å². The van der Waals surface area contributed by atoms with E-state index < -0.39 is 59.1 Å². The van der Waals surface area contributed by atoms with Gasteiger partial charge in [0.25, 0.3) is 5.92 Å². The number of rotatable bonds is 2. The van der Waals surface area contributed by atoms with Crippen LogP contribution in [0.4, 0.5) is 13.6 Å². The summed E-state index contributed by atoms with van der Waals surface area (Å²) in [4.78, 5) is 40.6. The van der Waals surface area contributed by atoms with Gasteiger partial charge in [-0.15, -0.1) is 0 Å². The lowest BCUT2D eigenvalue weighted by atomic mass is 10.1. The predicted molar refractivity (Wildman–Crippen MR) is 99.3 cm³/mol. The van der Waals surface area contributed by atoms with Crippen molar-refractivity contribution in [2.24, 2.45) is 5.92 Å². The third kappa shape index (κ3) is 4.19. The van der Waals surface area contributed by atoms with Crippen LogP contribution in [0.2, 0.25) is 0 Å². The summed E-state index contributed by atoms with van der Waals surface area (Å²) in [5.41, 5.74) is -1.54. The normalized spacial score (nSPS) is 30.8. The van der Waals surface area contributed by atoms with Crippen molar-refractivity contribution in [3.05, 3.63) is 0 Å². The number of alkyl halides is 2. The molecule has 3 aliphatic rings. The molecule has 4 atom stereocenters. The lowest BCUT2D eigenvalue weighted by Gasteiger charge is -2.34. The maximum absolute atomic E-state index is 14.1. The molecule has 0 aromatic carbocycles. The molecule has 9 heteroatoms. The third-order valence-corrected chi connectivity index (χ3v) is 5.37. The van der Waals surface area contributed by atoms with E-state index >= 15 is 0 Å². The minimum Gasteiger partial charge on any atom is -0.458 e. The average molecular weight is 416 g/mol. The fourth-order valence-corrected chi connectivity index (χ4v) is 4.19. The number of carbonyl (C=O) groups is 3. The molecular weight excluding hydrogens is 386 g/mol. The van der Waals surface area contributed by atoms with Crippen LogP contribution in [-0.4, -0.2) is 69.6 Å². The largest absolute Gasteiger partial charge is 0.458 e. The molecule has 29 heavy (non-hydrogen) atoms. The zero-order chi connectivity index (χ0) is 21.9. The number of likely N-dealkylation sites (tertiary alicyclic amines) is 2. The zero-order valence-electron chi connectivity index (χ0n) is 17.8. The van der Waals surface area contributed by atoms with Crippen molar-refractivity contribution in [3.8, 4) is 0 Å². The van der Waals surface area contributed by atoms with E-state index in [2.05, 4.69) is 0 Å². The Balaban J connectivity index is 1.80. The van der Waals surface area contributed by atoms with Crippen molar-refractivity contribution >= 4 is 18.0 Å². The second kappa shape index (κ2) is 6.80. The van der Waals surface area contributed by atoms with Crippen molar-refractivity contribution in [2.45, 2.75) is 96.1 Å². The molecule has 3 fully saturated rings. The van der Waals surface area contributed by atoms with E-state index in [4.69, 9.17) is 9.47 Å². The van der Waals surface area contributed by atoms with Gasteiger partial charge in [0.2, 0.25) is 5.91 Å². The summed E-state index contributed by atoms with van der Waals surface area (Å²) in [5, 5.41) is 0. The highest BCUT2D eigenvalue weighted by molar-refractivity contribution is 5.92. The molecule has 0 radical (unpaired) electrons. The number of carbonyl (C=O) groups excluding carboxylic acids is 3. The summed E-state index contributed by atoms with van der Waals surface area (Å²) in [6, 6.07) is -3.28. The van der Waals surface area contributed by atoms with E-state index in [1.807, 2.05) is 0 Å². The number of hydrogen-bond acceptors (Lipinski definition) is 5. The van der Waals surface area contributed by atoms with Gasteiger partial charge in [-0.1, -0.05) is 0 Å². The van der Waals surface area contributed by atoms with Gasteiger partial charge in [0.15, 0.2) is 0 Å². The van der Waals surface area contributed by atoms with Crippen LogP contribution < -0.4 is 0 Å². The molecule has 0 bridgehead atoms. The zero-order valence-corrected chi connectivity index (χ0v) is 17.8. The van der Waals surface area contributed by atoms with Gasteiger partial charge in [0, 0.05) is 6.54 Å². The van der Waals surface area contributed by atoms with Gasteiger partial charge in [0.05, 0.1) is 5.92 Å². The molecule has 0 aromatic heterocycles. The Bertz CT molecular complexity index is 713. The number of amides is 2. The van der Waals surface area contributed by atoms with E-state index in [9.17, 15) is 23.2 Å². The van der Waals surface area contributed by atoms with Gasteiger partial charge in [-0.3, -0.25) is 9.69 Å². The van der Waals surface area contributed by atoms with Gasteiger partial charge < -0.3 is 14.4 Å². The number of nitrogens with zero attached hydrogens (tertiary/aromatic N) is 2. The molecule has 0 N–H and O–H groups in total. The minimum absolute atomic E-state index is 0.128. The van der Waals surface area contributed by atoms with Gasteiger partial charge in [-0.05, 0) is 60.8 Å². The van der Waals surface area contributed by atoms with Crippen molar-refractivity contribution in [3.63, 3.8) is 0 Å². The van der Waals surface area contributed by atoms with Gasteiger partial charge in [-0.2, -0.15) is 0 Å². The smallest absolute Gasteiger partial charge is 0.410 e. The predicted octanol–water partition coefficient (Wildman–Crippen LogP) is 2.96. The fraction of sp³-hybridized carbons (Fsp3) is 0.850. The average Bonchev–Trinajstić information content (AvgIpc) is 2.98. The molecule has 164 valence electrons. The molecular formula is C20H30F2N2O5. The first-order valence-corrected chi connectivity index (χ1v) is 10.1. The Labute approximate surface area is 169 Å². The topological polar surface area (TPSA) is 76.2 Å². The molecule has 7 nitrogen and oxygen atoms in total. The van der Waals surface area contributed by atoms with E-state index in [0.717, 1.165) is 4.90 Å². The Hall–Kier alpha value is -1.93. The molecule has 3 rings (SSSR count). The molecule has 2 heterocycles. The van der Waals surface area contributed by atoms with E-state index in [1.54, 1.807) is 41.5 Å². The molecule has 1 saturated carbocycles. The number of piperidine rings is 1. The van der Waals surface area contributed by atoms with Crippen molar-refractivity contribution in [1.82, 2.24) is 9.80 Å². The van der Waals surface area contributed by atoms with Crippen LogP contribution in [0, 0.1) is 5.92 Å². The highest BCUT2D eigenvalue weighted by Crippen LogP contribution is 2.60. The molecule has 0 aromatic rings. The lowest BCUT2D eigenvalue weighted by Crippen LogP contribution is -2.55. The second-order valence-corrected chi connectivity index (χ2v) is 10.1. The summed E-state index contributed by atoms with van der Waals surface area (Å²) < 4.78 is 39.0. The van der Waals surface area contributed by atoms with E-state index in [1.165, 1.54) is 4.90 Å².